The molecule has 1 aromatic carbocycles. The standard InChI is InChI=1S/C13H21BrN2O/c1-13(2,16(3)4)9-15-8-10-5-6-12(17)11(14)7-10/h5-7,15,17H,8-9H2,1-4H3. The van der Waals surface area contributed by atoms with E-state index in [9.17, 15) is 5.11 Å². The van der Waals surface area contributed by atoms with Gasteiger partial charge in [-0.2, -0.15) is 0 Å². The van der Waals surface area contributed by atoms with E-state index in [1.165, 1.54) is 0 Å². The van der Waals surface area contributed by atoms with E-state index >= 15 is 0 Å². The molecule has 3 nitrogen and oxygen atoms in total. The van der Waals surface area contributed by atoms with Gasteiger partial charge in [-0.15, -0.1) is 0 Å². The van der Waals surface area contributed by atoms with E-state index in [-0.39, 0.29) is 11.3 Å². The molecule has 0 saturated carbocycles. The van der Waals surface area contributed by atoms with Gasteiger partial charge in [0.25, 0.3) is 0 Å². The van der Waals surface area contributed by atoms with Crippen LogP contribution in [0.1, 0.15) is 19.4 Å². The van der Waals surface area contributed by atoms with Crippen molar-refractivity contribution >= 4 is 15.9 Å². The molecule has 1 aromatic rings. The van der Waals surface area contributed by atoms with Gasteiger partial charge in [0.15, 0.2) is 0 Å². The molecule has 0 spiro atoms. The summed E-state index contributed by atoms with van der Waals surface area (Å²) in [6, 6.07) is 5.57. The monoisotopic (exact) mass is 300 g/mol. The predicted octanol–water partition coefficient (Wildman–Crippen LogP) is 2.58. The molecule has 0 unspecified atom stereocenters. The van der Waals surface area contributed by atoms with Crippen LogP contribution >= 0.6 is 15.9 Å². The fourth-order valence-corrected chi connectivity index (χ4v) is 1.76. The molecule has 2 N–H and O–H groups in total. The Morgan fingerprint density at radius 2 is 2.00 bits per heavy atom. The molecule has 4 heteroatoms. The van der Waals surface area contributed by atoms with E-state index in [0.717, 1.165) is 23.1 Å². The Morgan fingerprint density at radius 1 is 1.35 bits per heavy atom. The van der Waals surface area contributed by atoms with Crippen LogP contribution < -0.4 is 5.32 Å². The van der Waals surface area contributed by atoms with Gasteiger partial charge in [-0.05, 0) is 61.6 Å². The summed E-state index contributed by atoms with van der Waals surface area (Å²) in [5, 5.41) is 12.8. The summed E-state index contributed by atoms with van der Waals surface area (Å²) < 4.78 is 0.740. The molecule has 17 heavy (non-hydrogen) atoms. The number of nitrogens with zero attached hydrogens (tertiary/aromatic N) is 1. The zero-order valence-corrected chi connectivity index (χ0v) is 12.5. The number of hydrogen-bond acceptors (Lipinski definition) is 3. The van der Waals surface area contributed by atoms with Crippen molar-refractivity contribution in [3.05, 3.63) is 28.2 Å². The van der Waals surface area contributed by atoms with Crippen molar-refractivity contribution in [1.82, 2.24) is 10.2 Å². The summed E-state index contributed by atoms with van der Waals surface area (Å²) in [5.74, 6) is 0.280. The lowest BCUT2D eigenvalue weighted by Gasteiger charge is -2.32. The highest BCUT2D eigenvalue weighted by Gasteiger charge is 2.19. The molecule has 0 heterocycles. The molecule has 0 aliphatic heterocycles. The fraction of sp³-hybridized carbons (Fsp3) is 0.538. The highest BCUT2D eigenvalue weighted by atomic mass is 79.9. The first kappa shape index (κ1) is 14.5. The normalized spacial score (nSPS) is 12.1. The molecule has 0 bridgehead atoms. The molecule has 96 valence electrons. The minimum Gasteiger partial charge on any atom is -0.507 e. The Labute approximate surface area is 112 Å². The van der Waals surface area contributed by atoms with Crippen LogP contribution in [0.3, 0.4) is 0 Å². The van der Waals surface area contributed by atoms with E-state index in [4.69, 9.17) is 0 Å². The number of phenolic OH excluding ortho intramolecular Hbond substituents is 1. The predicted molar refractivity (Wildman–Crippen MR) is 75.3 cm³/mol. The van der Waals surface area contributed by atoms with Crippen molar-refractivity contribution in [1.29, 1.82) is 0 Å². The molecule has 0 fully saturated rings. The molecule has 0 radical (unpaired) electrons. The Kier molecular flexibility index (Phi) is 4.98. The molecule has 0 aromatic heterocycles. The second-order valence-corrected chi connectivity index (χ2v) is 5.95. The fourth-order valence-electron chi connectivity index (χ4n) is 1.33. The Bertz CT molecular complexity index is 378. The van der Waals surface area contributed by atoms with Gasteiger partial charge < -0.3 is 15.3 Å². The minimum absolute atomic E-state index is 0.133. The van der Waals surface area contributed by atoms with Crippen molar-refractivity contribution in [2.45, 2.75) is 25.9 Å². The van der Waals surface area contributed by atoms with Crippen LogP contribution in [0.4, 0.5) is 0 Å². The van der Waals surface area contributed by atoms with Crippen molar-refractivity contribution in [3.63, 3.8) is 0 Å². The largest absolute Gasteiger partial charge is 0.507 e. The molecule has 0 aliphatic rings. The molecular weight excluding hydrogens is 280 g/mol. The second-order valence-electron chi connectivity index (χ2n) is 5.10. The zero-order chi connectivity index (χ0) is 13.1. The highest BCUT2D eigenvalue weighted by Crippen LogP contribution is 2.24. The number of halogens is 1. The number of nitrogens with one attached hydrogen (secondary N) is 1. The lowest BCUT2D eigenvalue weighted by atomic mass is 10.0. The Morgan fingerprint density at radius 3 is 2.53 bits per heavy atom. The number of aromatic hydroxyl groups is 1. The third-order valence-electron chi connectivity index (χ3n) is 3.11. The Balaban J connectivity index is 2.49. The summed E-state index contributed by atoms with van der Waals surface area (Å²) >= 11 is 3.31. The first-order chi connectivity index (χ1) is 7.83. The van der Waals surface area contributed by atoms with Crippen molar-refractivity contribution in [2.75, 3.05) is 20.6 Å². The summed E-state index contributed by atoms with van der Waals surface area (Å²) in [6.45, 7) is 6.12. The first-order valence-electron chi connectivity index (χ1n) is 5.68. The quantitative estimate of drug-likeness (QED) is 0.877. The number of hydrogen-bond donors (Lipinski definition) is 2. The van der Waals surface area contributed by atoms with Crippen LogP contribution in [0.5, 0.6) is 5.75 Å². The van der Waals surface area contributed by atoms with Crippen LogP contribution in [0.25, 0.3) is 0 Å². The summed E-state index contributed by atoms with van der Waals surface area (Å²) in [6.07, 6.45) is 0. The number of likely N-dealkylation sites (N-methyl/N-ethyl adjacent to an activating group) is 1. The maximum Gasteiger partial charge on any atom is 0.129 e. The molecule has 1 rings (SSSR count). The van der Waals surface area contributed by atoms with E-state index < -0.39 is 0 Å². The van der Waals surface area contributed by atoms with Crippen LogP contribution in [-0.2, 0) is 6.54 Å². The van der Waals surface area contributed by atoms with Gasteiger partial charge in [0.1, 0.15) is 5.75 Å². The lowest BCUT2D eigenvalue weighted by molar-refractivity contribution is 0.190. The zero-order valence-electron chi connectivity index (χ0n) is 10.9. The van der Waals surface area contributed by atoms with E-state index in [2.05, 4.69) is 54.1 Å². The van der Waals surface area contributed by atoms with Crippen LogP contribution in [-0.4, -0.2) is 36.2 Å². The van der Waals surface area contributed by atoms with Gasteiger partial charge in [0.2, 0.25) is 0 Å². The van der Waals surface area contributed by atoms with Crippen LogP contribution in [0.2, 0.25) is 0 Å². The van der Waals surface area contributed by atoms with Gasteiger partial charge in [0.05, 0.1) is 4.47 Å². The third-order valence-corrected chi connectivity index (χ3v) is 3.74. The summed E-state index contributed by atoms with van der Waals surface area (Å²) in [5.41, 5.74) is 1.29. The SMILES string of the molecule is CN(C)C(C)(C)CNCc1ccc(O)c(Br)c1. The number of phenols is 1. The van der Waals surface area contributed by atoms with Crippen molar-refractivity contribution < 1.29 is 5.11 Å². The molecule has 0 amide bonds. The van der Waals surface area contributed by atoms with E-state index in [0.29, 0.717) is 0 Å². The molecular formula is C13H21BrN2O. The van der Waals surface area contributed by atoms with E-state index in [1.807, 2.05) is 12.1 Å². The molecule has 0 aliphatic carbocycles. The molecule has 0 saturated heterocycles. The summed E-state index contributed by atoms with van der Waals surface area (Å²) in [7, 11) is 4.16. The third kappa shape index (κ3) is 4.30. The van der Waals surface area contributed by atoms with Gasteiger partial charge in [-0.3, -0.25) is 0 Å². The van der Waals surface area contributed by atoms with Gasteiger partial charge in [0, 0.05) is 18.6 Å². The van der Waals surface area contributed by atoms with Crippen molar-refractivity contribution in [2.24, 2.45) is 0 Å². The average Bonchev–Trinajstić information content (AvgIpc) is 2.23. The first-order valence-corrected chi connectivity index (χ1v) is 6.48. The minimum atomic E-state index is 0.133. The van der Waals surface area contributed by atoms with Crippen LogP contribution in [0, 0.1) is 0 Å². The average molecular weight is 301 g/mol. The summed E-state index contributed by atoms with van der Waals surface area (Å²) in [4.78, 5) is 2.20. The van der Waals surface area contributed by atoms with Gasteiger partial charge >= 0.3 is 0 Å². The number of benzene rings is 1. The van der Waals surface area contributed by atoms with Crippen molar-refractivity contribution in [3.8, 4) is 5.75 Å². The van der Waals surface area contributed by atoms with E-state index in [1.54, 1.807) is 6.07 Å². The Hall–Kier alpha value is -0.580. The topological polar surface area (TPSA) is 35.5 Å². The highest BCUT2D eigenvalue weighted by molar-refractivity contribution is 9.10. The second kappa shape index (κ2) is 5.85. The molecule has 0 atom stereocenters. The lowest BCUT2D eigenvalue weighted by Crippen LogP contribution is -2.46. The van der Waals surface area contributed by atoms with Gasteiger partial charge in [-0.25, -0.2) is 0 Å². The van der Waals surface area contributed by atoms with Crippen LogP contribution in [0.15, 0.2) is 22.7 Å². The van der Waals surface area contributed by atoms with Gasteiger partial charge in [-0.1, -0.05) is 6.07 Å². The smallest absolute Gasteiger partial charge is 0.129 e. The maximum atomic E-state index is 9.40. The maximum absolute atomic E-state index is 9.40. The number of rotatable bonds is 5.